The highest BCUT2D eigenvalue weighted by Crippen LogP contribution is 2.38. The van der Waals surface area contributed by atoms with Crippen LogP contribution in [0.15, 0.2) is 47.4 Å². The van der Waals surface area contributed by atoms with Gasteiger partial charge < -0.3 is 5.11 Å². The Morgan fingerprint density at radius 2 is 2.09 bits per heavy atom. The standard InChI is InChI=1S/C24H24Cl2N2O3S/c25-16-9-10-20(26)19(12-16)21-14-32-24(27-21)28-11-5-4-8-17(15-6-2-1-3-7-15)18(23(28)31)13-22(29)30/h2,6-7,9-10,12,14,17-18H,1,3-5,8,11,13H2,(H,29,30)/t17-,18+/m1/s1. The molecule has 32 heavy (non-hydrogen) atoms. The Kier molecular flexibility index (Phi) is 7.33. The Bertz CT molecular complexity index is 1080. The molecule has 1 saturated heterocycles. The lowest BCUT2D eigenvalue weighted by molar-refractivity contribution is -0.141. The maximum absolute atomic E-state index is 13.7. The number of thiazole rings is 1. The van der Waals surface area contributed by atoms with Crippen molar-refractivity contribution >= 4 is 51.5 Å². The first-order valence-corrected chi connectivity index (χ1v) is 12.4. The molecule has 2 atom stereocenters. The maximum Gasteiger partial charge on any atom is 0.304 e. The summed E-state index contributed by atoms with van der Waals surface area (Å²) in [6, 6.07) is 5.19. The molecule has 0 bridgehead atoms. The molecule has 8 heteroatoms. The fourth-order valence-electron chi connectivity index (χ4n) is 4.44. The highest BCUT2D eigenvalue weighted by atomic mass is 35.5. The number of carbonyl (C=O) groups excluding carboxylic acids is 1. The summed E-state index contributed by atoms with van der Waals surface area (Å²) in [5.41, 5.74) is 2.44. The van der Waals surface area contributed by atoms with Crippen LogP contribution in [0.3, 0.4) is 0 Å². The first kappa shape index (κ1) is 23.0. The summed E-state index contributed by atoms with van der Waals surface area (Å²) < 4.78 is 0. The molecule has 1 aromatic heterocycles. The minimum Gasteiger partial charge on any atom is -0.481 e. The summed E-state index contributed by atoms with van der Waals surface area (Å²) in [6.07, 6.45) is 10.6. The summed E-state index contributed by atoms with van der Waals surface area (Å²) in [4.78, 5) is 31.7. The van der Waals surface area contributed by atoms with Crippen molar-refractivity contribution in [3.8, 4) is 11.3 Å². The molecule has 0 radical (unpaired) electrons. The van der Waals surface area contributed by atoms with Gasteiger partial charge in [0, 0.05) is 22.5 Å². The Labute approximate surface area is 201 Å². The highest BCUT2D eigenvalue weighted by molar-refractivity contribution is 7.14. The number of benzene rings is 1. The number of rotatable bonds is 5. The van der Waals surface area contributed by atoms with Crippen molar-refractivity contribution in [2.75, 3.05) is 11.4 Å². The lowest BCUT2D eigenvalue weighted by atomic mass is 9.77. The van der Waals surface area contributed by atoms with Gasteiger partial charge in [0.05, 0.1) is 23.1 Å². The predicted octanol–water partition coefficient (Wildman–Crippen LogP) is 6.62. The zero-order chi connectivity index (χ0) is 22.7. The fourth-order valence-corrected chi connectivity index (χ4v) is 5.68. The van der Waals surface area contributed by atoms with Crippen LogP contribution < -0.4 is 4.90 Å². The Balaban J connectivity index is 1.67. The van der Waals surface area contributed by atoms with Crippen molar-refractivity contribution in [1.29, 1.82) is 0 Å². The van der Waals surface area contributed by atoms with Crippen LogP contribution in [0.25, 0.3) is 11.3 Å². The SMILES string of the molecule is O=C(O)C[C@@H]1C(=O)N(c2nc(-c3cc(Cl)ccc3Cl)cs2)CCCC[C@@H]1C1=CCCC=C1. The molecule has 5 nitrogen and oxygen atoms in total. The van der Waals surface area contributed by atoms with E-state index in [2.05, 4.69) is 23.2 Å². The second-order valence-electron chi connectivity index (χ2n) is 8.12. The predicted molar refractivity (Wildman–Crippen MR) is 129 cm³/mol. The second kappa shape index (κ2) is 10.2. The number of halogens is 2. The van der Waals surface area contributed by atoms with E-state index >= 15 is 0 Å². The number of hydrogen-bond donors (Lipinski definition) is 1. The molecule has 2 heterocycles. The van der Waals surface area contributed by atoms with Gasteiger partial charge in [-0.1, -0.05) is 47.9 Å². The van der Waals surface area contributed by atoms with E-state index in [-0.39, 0.29) is 18.2 Å². The van der Waals surface area contributed by atoms with Crippen LogP contribution in [-0.4, -0.2) is 28.5 Å². The molecule has 4 rings (SSSR count). The average molecular weight is 491 g/mol. The van der Waals surface area contributed by atoms with Gasteiger partial charge in [0.15, 0.2) is 5.13 Å². The largest absolute Gasteiger partial charge is 0.481 e. The minimum absolute atomic E-state index is 0.0974. The van der Waals surface area contributed by atoms with E-state index < -0.39 is 11.9 Å². The molecular formula is C24H24Cl2N2O3S. The lowest BCUT2D eigenvalue weighted by Gasteiger charge is -2.34. The third kappa shape index (κ3) is 5.08. The van der Waals surface area contributed by atoms with Gasteiger partial charge in [0.25, 0.3) is 0 Å². The van der Waals surface area contributed by atoms with E-state index in [4.69, 9.17) is 23.2 Å². The molecule has 1 N–H and O–H groups in total. The Hall–Kier alpha value is -2.15. The van der Waals surface area contributed by atoms with Gasteiger partial charge in [-0.15, -0.1) is 11.3 Å². The number of nitrogens with zero attached hydrogens (tertiary/aromatic N) is 2. The third-order valence-corrected chi connectivity index (χ3v) is 7.42. The molecule has 0 saturated carbocycles. The maximum atomic E-state index is 13.7. The van der Waals surface area contributed by atoms with Gasteiger partial charge >= 0.3 is 5.97 Å². The van der Waals surface area contributed by atoms with Gasteiger partial charge in [-0.3, -0.25) is 14.5 Å². The highest BCUT2D eigenvalue weighted by Gasteiger charge is 2.37. The first-order valence-electron chi connectivity index (χ1n) is 10.7. The zero-order valence-electron chi connectivity index (χ0n) is 17.5. The van der Waals surface area contributed by atoms with Gasteiger partial charge in [0.2, 0.25) is 5.91 Å². The average Bonchev–Trinajstić information content (AvgIpc) is 3.25. The molecular weight excluding hydrogens is 467 g/mol. The number of carboxylic acid groups (broad SMARTS) is 1. The van der Waals surface area contributed by atoms with E-state index in [0.29, 0.717) is 33.0 Å². The molecule has 168 valence electrons. The van der Waals surface area contributed by atoms with Crippen molar-refractivity contribution < 1.29 is 14.7 Å². The number of hydrogen-bond acceptors (Lipinski definition) is 4. The minimum atomic E-state index is -0.959. The van der Waals surface area contributed by atoms with Crippen molar-refractivity contribution in [2.24, 2.45) is 11.8 Å². The molecule has 2 aromatic rings. The van der Waals surface area contributed by atoms with Crippen molar-refractivity contribution in [3.05, 3.63) is 57.4 Å². The van der Waals surface area contributed by atoms with E-state index in [9.17, 15) is 14.7 Å². The van der Waals surface area contributed by atoms with Crippen molar-refractivity contribution in [1.82, 2.24) is 4.98 Å². The second-order valence-corrected chi connectivity index (χ2v) is 9.80. The monoisotopic (exact) mass is 490 g/mol. The molecule has 0 unspecified atom stereocenters. The molecule has 1 fully saturated rings. The Morgan fingerprint density at radius 1 is 1.25 bits per heavy atom. The summed E-state index contributed by atoms with van der Waals surface area (Å²) in [6.45, 7) is 0.521. The molecule has 1 aromatic carbocycles. The van der Waals surface area contributed by atoms with E-state index in [0.717, 1.165) is 37.7 Å². The van der Waals surface area contributed by atoms with E-state index in [1.54, 1.807) is 23.1 Å². The van der Waals surface area contributed by atoms with Crippen LogP contribution in [0.5, 0.6) is 0 Å². The smallest absolute Gasteiger partial charge is 0.304 e. The number of amides is 1. The van der Waals surface area contributed by atoms with Gasteiger partial charge in [-0.25, -0.2) is 4.98 Å². The number of aliphatic carboxylic acids is 1. The van der Waals surface area contributed by atoms with E-state index in [1.165, 1.54) is 11.3 Å². The zero-order valence-corrected chi connectivity index (χ0v) is 19.8. The summed E-state index contributed by atoms with van der Waals surface area (Å²) in [7, 11) is 0. The van der Waals surface area contributed by atoms with Crippen LogP contribution in [0.4, 0.5) is 5.13 Å². The van der Waals surface area contributed by atoms with Crippen LogP contribution >= 0.6 is 34.5 Å². The van der Waals surface area contributed by atoms with Gasteiger partial charge in [0.1, 0.15) is 0 Å². The molecule has 1 aliphatic heterocycles. The number of allylic oxidation sites excluding steroid dienone is 4. The number of carbonyl (C=O) groups is 2. The first-order chi connectivity index (χ1) is 15.4. The Morgan fingerprint density at radius 3 is 2.84 bits per heavy atom. The molecule has 1 amide bonds. The van der Waals surface area contributed by atoms with Crippen LogP contribution in [-0.2, 0) is 9.59 Å². The number of aromatic nitrogens is 1. The van der Waals surface area contributed by atoms with Gasteiger partial charge in [-0.05, 0) is 55.4 Å². The van der Waals surface area contributed by atoms with Crippen LogP contribution in [0.2, 0.25) is 10.0 Å². The number of carboxylic acids is 1. The van der Waals surface area contributed by atoms with Gasteiger partial charge in [-0.2, -0.15) is 0 Å². The van der Waals surface area contributed by atoms with Crippen molar-refractivity contribution in [2.45, 2.75) is 38.5 Å². The van der Waals surface area contributed by atoms with Crippen molar-refractivity contribution in [3.63, 3.8) is 0 Å². The molecule has 1 aliphatic carbocycles. The van der Waals surface area contributed by atoms with E-state index in [1.807, 2.05) is 5.38 Å². The molecule has 2 aliphatic rings. The number of anilines is 1. The third-order valence-electron chi connectivity index (χ3n) is 5.99. The summed E-state index contributed by atoms with van der Waals surface area (Å²) >= 11 is 13.8. The normalized spacial score (nSPS) is 21.8. The van der Waals surface area contributed by atoms with Crippen LogP contribution in [0, 0.1) is 11.8 Å². The molecule has 0 spiro atoms. The quantitative estimate of drug-likeness (QED) is 0.511. The topological polar surface area (TPSA) is 70.5 Å². The fraction of sp³-hybridized carbons (Fsp3) is 0.375. The summed E-state index contributed by atoms with van der Waals surface area (Å²) in [5.74, 6) is -1.85. The lowest BCUT2D eigenvalue weighted by Crippen LogP contribution is -2.42. The summed E-state index contributed by atoms with van der Waals surface area (Å²) in [5, 5.41) is 13.1. The van der Waals surface area contributed by atoms with Crippen LogP contribution in [0.1, 0.15) is 38.5 Å².